The standard InChI is InChI=1S/C31H37ClN4O3/c1-3-39-29-22-23(2)6-15-28(29)36-20-18-35(19-21-36)17-5-4-16-33-30(37)24-9-13-27(14-10-24)34-31(38)25-7-11-26(32)12-8-25/h6-15,22H,3-5,16-21H2,1-2H3,(H,33,37)(H,34,38). The number of piperazine rings is 1. The van der Waals surface area contributed by atoms with Crippen LogP contribution in [0.2, 0.25) is 5.02 Å². The number of aryl methyl sites for hydroxylation is 1. The first kappa shape index (κ1) is 28.5. The molecule has 4 rings (SSSR count). The summed E-state index contributed by atoms with van der Waals surface area (Å²) >= 11 is 5.88. The molecule has 0 saturated carbocycles. The van der Waals surface area contributed by atoms with Crippen LogP contribution in [0.1, 0.15) is 46.0 Å². The van der Waals surface area contributed by atoms with Gasteiger partial charge in [0.1, 0.15) is 5.75 Å². The molecule has 0 spiro atoms. The van der Waals surface area contributed by atoms with Gasteiger partial charge in [-0.2, -0.15) is 0 Å². The third kappa shape index (κ3) is 8.22. The minimum absolute atomic E-state index is 0.109. The van der Waals surface area contributed by atoms with Crippen molar-refractivity contribution in [3.8, 4) is 5.75 Å². The molecule has 0 aliphatic carbocycles. The topological polar surface area (TPSA) is 73.9 Å². The summed E-state index contributed by atoms with van der Waals surface area (Å²) in [6.07, 6.45) is 1.96. The SMILES string of the molecule is CCOc1cc(C)ccc1N1CCN(CCCCNC(=O)c2ccc(NC(=O)c3ccc(Cl)cc3)cc2)CC1. The number of unbranched alkanes of at least 4 members (excludes halogenated alkanes) is 1. The number of benzene rings is 3. The monoisotopic (exact) mass is 548 g/mol. The molecule has 8 heteroatoms. The summed E-state index contributed by atoms with van der Waals surface area (Å²) in [5, 5.41) is 6.41. The van der Waals surface area contributed by atoms with Gasteiger partial charge in [0.15, 0.2) is 0 Å². The first-order chi connectivity index (χ1) is 18.9. The number of carbonyl (C=O) groups is 2. The highest BCUT2D eigenvalue weighted by Crippen LogP contribution is 2.30. The molecule has 0 atom stereocenters. The maximum atomic E-state index is 12.5. The largest absolute Gasteiger partial charge is 0.492 e. The molecule has 7 nitrogen and oxygen atoms in total. The van der Waals surface area contributed by atoms with Crippen molar-refractivity contribution in [1.29, 1.82) is 0 Å². The van der Waals surface area contributed by atoms with Gasteiger partial charge < -0.3 is 20.3 Å². The molecule has 3 aromatic rings. The summed E-state index contributed by atoms with van der Waals surface area (Å²) in [5.74, 6) is 0.636. The van der Waals surface area contributed by atoms with Crippen LogP contribution in [-0.2, 0) is 0 Å². The van der Waals surface area contributed by atoms with Gasteiger partial charge in [0.25, 0.3) is 11.8 Å². The van der Waals surface area contributed by atoms with Gasteiger partial charge in [0.2, 0.25) is 0 Å². The third-order valence-corrected chi connectivity index (χ3v) is 7.08. The Kier molecular flexibility index (Phi) is 10.2. The molecule has 39 heavy (non-hydrogen) atoms. The zero-order chi connectivity index (χ0) is 27.6. The first-order valence-corrected chi connectivity index (χ1v) is 14.0. The highest BCUT2D eigenvalue weighted by Gasteiger charge is 2.19. The van der Waals surface area contributed by atoms with Crippen LogP contribution in [0.15, 0.2) is 66.7 Å². The molecule has 2 N–H and O–H groups in total. The lowest BCUT2D eigenvalue weighted by molar-refractivity contribution is 0.0952. The Labute approximate surface area is 236 Å². The van der Waals surface area contributed by atoms with Crippen molar-refractivity contribution in [2.24, 2.45) is 0 Å². The second-order valence-corrected chi connectivity index (χ2v) is 10.2. The van der Waals surface area contributed by atoms with Crippen LogP contribution in [-0.4, -0.2) is 62.6 Å². The Morgan fingerprint density at radius 3 is 2.23 bits per heavy atom. The lowest BCUT2D eigenvalue weighted by atomic mass is 10.1. The molecule has 1 aliphatic rings. The number of amides is 2. The minimum atomic E-state index is -0.226. The van der Waals surface area contributed by atoms with E-state index in [-0.39, 0.29) is 11.8 Å². The van der Waals surface area contributed by atoms with Gasteiger partial charge in [-0.05, 0) is 99.5 Å². The van der Waals surface area contributed by atoms with E-state index in [4.69, 9.17) is 16.3 Å². The fourth-order valence-corrected chi connectivity index (χ4v) is 4.77. The molecular formula is C31H37ClN4O3. The van der Waals surface area contributed by atoms with E-state index in [0.29, 0.717) is 35.0 Å². The maximum Gasteiger partial charge on any atom is 0.255 e. The fourth-order valence-electron chi connectivity index (χ4n) is 4.64. The van der Waals surface area contributed by atoms with Crippen molar-refractivity contribution in [1.82, 2.24) is 10.2 Å². The third-order valence-electron chi connectivity index (χ3n) is 6.83. The van der Waals surface area contributed by atoms with E-state index < -0.39 is 0 Å². The van der Waals surface area contributed by atoms with Gasteiger partial charge in [-0.3, -0.25) is 14.5 Å². The number of hydrogen-bond donors (Lipinski definition) is 2. The molecule has 0 bridgehead atoms. The number of hydrogen-bond acceptors (Lipinski definition) is 5. The fraction of sp³-hybridized carbons (Fsp3) is 0.355. The van der Waals surface area contributed by atoms with Crippen LogP contribution in [0, 0.1) is 6.92 Å². The second kappa shape index (κ2) is 14.0. The van der Waals surface area contributed by atoms with Crippen LogP contribution < -0.4 is 20.3 Å². The molecule has 1 saturated heterocycles. The Balaban J connectivity index is 1.13. The van der Waals surface area contributed by atoms with Gasteiger partial charge in [0, 0.05) is 54.6 Å². The first-order valence-electron chi connectivity index (χ1n) is 13.6. The average molecular weight is 549 g/mol. The summed E-state index contributed by atoms with van der Waals surface area (Å²) in [7, 11) is 0. The quantitative estimate of drug-likeness (QED) is 0.304. The summed E-state index contributed by atoms with van der Waals surface area (Å²) in [6.45, 7) is 10.4. The van der Waals surface area contributed by atoms with Crippen molar-refractivity contribution < 1.29 is 14.3 Å². The van der Waals surface area contributed by atoms with Crippen LogP contribution >= 0.6 is 11.6 Å². The van der Waals surface area contributed by atoms with E-state index in [1.165, 1.54) is 11.3 Å². The van der Waals surface area contributed by atoms with Crippen LogP contribution in [0.5, 0.6) is 5.75 Å². The van der Waals surface area contributed by atoms with Gasteiger partial charge in [0.05, 0.1) is 12.3 Å². The number of ether oxygens (including phenoxy) is 1. The van der Waals surface area contributed by atoms with Crippen LogP contribution in [0.3, 0.4) is 0 Å². The molecule has 1 aliphatic heterocycles. The highest BCUT2D eigenvalue weighted by atomic mass is 35.5. The van der Waals surface area contributed by atoms with E-state index in [1.54, 1.807) is 48.5 Å². The smallest absolute Gasteiger partial charge is 0.255 e. The summed E-state index contributed by atoms with van der Waals surface area (Å²) < 4.78 is 5.87. The number of anilines is 2. The number of rotatable bonds is 11. The Hall–Kier alpha value is -3.55. The van der Waals surface area contributed by atoms with E-state index in [1.807, 2.05) is 6.92 Å². The van der Waals surface area contributed by atoms with Crippen LogP contribution in [0.4, 0.5) is 11.4 Å². The molecule has 1 heterocycles. The van der Waals surface area contributed by atoms with Crippen molar-refractivity contribution in [3.63, 3.8) is 0 Å². The average Bonchev–Trinajstić information content (AvgIpc) is 2.94. The van der Waals surface area contributed by atoms with Gasteiger partial charge >= 0.3 is 0 Å². The molecular weight excluding hydrogens is 512 g/mol. The molecule has 0 aromatic heterocycles. The van der Waals surface area contributed by atoms with Crippen molar-refractivity contribution in [3.05, 3.63) is 88.4 Å². The molecule has 3 aromatic carbocycles. The molecule has 0 unspecified atom stereocenters. The second-order valence-electron chi connectivity index (χ2n) is 9.73. The van der Waals surface area contributed by atoms with Gasteiger partial charge in [-0.1, -0.05) is 17.7 Å². The van der Waals surface area contributed by atoms with Crippen molar-refractivity contribution in [2.75, 3.05) is 56.1 Å². The summed E-state index contributed by atoms with van der Waals surface area (Å²) in [5.41, 5.74) is 4.11. The zero-order valence-corrected chi connectivity index (χ0v) is 23.5. The van der Waals surface area contributed by atoms with E-state index >= 15 is 0 Å². The number of carbonyl (C=O) groups excluding carboxylic acids is 2. The molecule has 2 amide bonds. The Bertz CT molecular complexity index is 1240. The van der Waals surface area contributed by atoms with E-state index in [0.717, 1.165) is 51.3 Å². The molecule has 1 fully saturated rings. The van der Waals surface area contributed by atoms with Crippen molar-refractivity contribution >= 4 is 34.8 Å². The van der Waals surface area contributed by atoms with E-state index in [2.05, 4.69) is 45.6 Å². The predicted octanol–water partition coefficient (Wildman–Crippen LogP) is 5.63. The van der Waals surface area contributed by atoms with Gasteiger partial charge in [-0.15, -0.1) is 0 Å². The van der Waals surface area contributed by atoms with Crippen molar-refractivity contribution in [2.45, 2.75) is 26.7 Å². The predicted molar refractivity (Wildman–Crippen MR) is 158 cm³/mol. The zero-order valence-electron chi connectivity index (χ0n) is 22.7. The lowest BCUT2D eigenvalue weighted by Gasteiger charge is -2.36. The van der Waals surface area contributed by atoms with Crippen LogP contribution in [0.25, 0.3) is 0 Å². The summed E-state index contributed by atoms with van der Waals surface area (Å²) in [6, 6.07) is 20.0. The normalized spacial score (nSPS) is 13.7. The Morgan fingerprint density at radius 1 is 0.872 bits per heavy atom. The van der Waals surface area contributed by atoms with E-state index in [9.17, 15) is 9.59 Å². The highest BCUT2D eigenvalue weighted by molar-refractivity contribution is 6.30. The molecule has 206 valence electrons. The molecule has 0 radical (unpaired) electrons. The Morgan fingerprint density at radius 2 is 1.54 bits per heavy atom. The number of nitrogens with one attached hydrogen (secondary N) is 2. The maximum absolute atomic E-state index is 12.5. The minimum Gasteiger partial charge on any atom is -0.492 e. The number of nitrogens with zero attached hydrogens (tertiary/aromatic N) is 2. The van der Waals surface area contributed by atoms with Gasteiger partial charge in [-0.25, -0.2) is 0 Å². The summed E-state index contributed by atoms with van der Waals surface area (Å²) in [4.78, 5) is 29.8. The number of halogens is 1. The lowest BCUT2D eigenvalue weighted by Crippen LogP contribution is -2.46.